The number of hydrogen-bond donors (Lipinski definition) is 0. The van der Waals surface area contributed by atoms with Gasteiger partial charge in [0.1, 0.15) is 0 Å². The molecule has 0 saturated heterocycles. The molecule has 0 aliphatic rings. The second-order valence-corrected chi connectivity index (χ2v) is 6.27. The highest BCUT2D eigenvalue weighted by Gasteiger charge is 2.11. The fraction of sp³-hybridized carbons (Fsp3) is 0.250. The average Bonchev–Trinajstić information content (AvgIpc) is 2.37. The fourth-order valence-electron chi connectivity index (χ4n) is 2.45. The van der Waals surface area contributed by atoms with E-state index in [1.165, 1.54) is 38.6 Å². The molecule has 0 aliphatic heterocycles. The number of hydrogen-bond acceptors (Lipinski definition) is 0. The first-order valence-corrected chi connectivity index (χ1v) is 7.81. The second kappa shape index (κ2) is 5.29. The van der Waals surface area contributed by atoms with Gasteiger partial charge in [0, 0.05) is 16.1 Å². The van der Waals surface area contributed by atoms with Gasteiger partial charge in [0.05, 0.1) is 0 Å². The SMILES string of the molecule is Cc1ccc(-c2c([SiH3])cccc2CCl)c(C)c1C. The third-order valence-electron chi connectivity index (χ3n) is 3.83. The van der Waals surface area contributed by atoms with Gasteiger partial charge >= 0.3 is 0 Å². The molecule has 18 heavy (non-hydrogen) atoms. The summed E-state index contributed by atoms with van der Waals surface area (Å²) in [6.07, 6.45) is 0. The minimum atomic E-state index is 0.581. The molecule has 0 saturated carbocycles. The molecule has 2 rings (SSSR count). The van der Waals surface area contributed by atoms with Crippen LogP contribution in [0.25, 0.3) is 11.1 Å². The van der Waals surface area contributed by atoms with Crippen LogP contribution in [0.15, 0.2) is 30.3 Å². The Balaban J connectivity index is 2.73. The van der Waals surface area contributed by atoms with Crippen LogP contribution in [0.5, 0.6) is 0 Å². The summed E-state index contributed by atoms with van der Waals surface area (Å²) in [5.41, 5.74) is 8.08. The van der Waals surface area contributed by atoms with Crippen LogP contribution in [0.1, 0.15) is 22.3 Å². The summed E-state index contributed by atoms with van der Waals surface area (Å²) in [5.74, 6) is 0.581. The summed E-state index contributed by atoms with van der Waals surface area (Å²) in [6.45, 7) is 6.58. The quantitative estimate of drug-likeness (QED) is 0.583. The molecule has 0 heterocycles. The first-order chi connectivity index (χ1) is 8.56. The second-order valence-electron chi connectivity index (χ2n) is 4.92. The number of halogens is 1. The molecule has 0 spiro atoms. The highest BCUT2D eigenvalue weighted by Crippen LogP contribution is 2.29. The van der Waals surface area contributed by atoms with Gasteiger partial charge in [-0.1, -0.05) is 35.5 Å². The average molecular weight is 275 g/mol. The Morgan fingerprint density at radius 1 is 1.00 bits per heavy atom. The van der Waals surface area contributed by atoms with Crippen LogP contribution < -0.4 is 5.19 Å². The molecular formula is C16H19ClSi. The van der Waals surface area contributed by atoms with Crippen LogP contribution >= 0.6 is 11.6 Å². The van der Waals surface area contributed by atoms with Gasteiger partial charge in [-0.05, 0) is 54.2 Å². The van der Waals surface area contributed by atoms with E-state index in [1.54, 1.807) is 0 Å². The lowest BCUT2D eigenvalue weighted by Gasteiger charge is -2.16. The van der Waals surface area contributed by atoms with Gasteiger partial charge in [0.25, 0.3) is 0 Å². The molecule has 0 nitrogen and oxygen atoms in total. The zero-order chi connectivity index (χ0) is 13.3. The minimum absolute atomic E-state index is 0.581. The predicted octanol–water partition coefficient (Wildman–Crippen LogP) is 3.01. The van der Waals surface area contributed by atoms with Crippen LogP contribution in [0.3, 0.4) is 0 Å². The summed E-state index contributed by atoms with van der Waals surface area (Å²) in [5, 5.41) is 1.43. The van der Waals surface area contributed by atoms with E-state index in [0.717, 1.165) is 10.2 Å². The molecule has 0 N–H and O–H groups in total. The molecule has 0 unspecified atom stereocenters. The lowest BCUT2D eigenvalue weighted by atomic mass is 9.92. The van der Waals surface area contributed by atoms with E-state index in [2.05, 4.69) is 51.1 Å². The van der Waals surface area contributed by atoms with Crippen LogP contribution in [-0.2, 0) is 5.88 Å². The van der Waals surface area contributed by atoms with Crippen molar-refractivity contribution in [2.75, 3.05) is 0 Å². The first-order valence-electron chi connectivity index (χ1n) is 6.28. The highest BCUT2D eigenvalue weighted by atomic mass is 35.5. The van der Waals surface area contributed by atoms with Crippen LogP contribution in [0.4, 0.5) is 0 Å². The monoisotopic (exact) mass is 274 g/mol. The van der Waals surface area contributed by atoms with Crippen molar-refractivity contribution in [1.82, 2.24) is 0 Å². The maximum Gasteiger partial charge on any atom is 0.0480 e. The molecule has 0 fully saturated rings. The Labute approximate surface area is 117 Å². The molecular weight excluding hydrogens is 256 g/mol. The van der Waals surface area contributed by atoms with Gasteiger partial charge in [-0.15, -0.1) is 11.6 Å². The van der Waals surface area contributed by atoms with Gasteiger partial charge in [-0.3, -0.25) is 0 Å². The van der Waals surface area contributed by atoms with Crippen molar-refractivity contribution < 1.29 is 0 Å². The van der Waals surface area contributed by atoms with Crippen molar-refractivity contribution in [2.24, 2.45) is 0 Å². The van der Waals surface area contributed by atoms with E-state index < -0.39 is 0 Å². The van der Waals surface area contributed by atoms with Crippen LogP contribution in [-0.4, -0.2) is 10.2 Å². The molecule has 2 heteroatoms. The maximum atomic E-state index is 6.09. The normalized spacial score (nSPS) is 10.9. The van der Waals surface area contributed by atoms with Crippen LogP contribution in [0, 0.1) is 20.8 Å². The lowest BCUT2D eigenvalue weighted by molar-refractivity contribution is 1.26. The summed E-state index contributed by atoms with van der Waals surface area (Å²) >= 11 is 6.09. The number of rotatable bonds is 2. The van der Waals surface area contributed by atoms with Gasteiger partial charge < -0.3 is 0 Å². The lowest BCUT2D eigenvalue weighted by Crippen LogP contribution is -2.10. The molecule has 0 bridgehead atoms. The van der Waals surface area contributed by atoms with Crippen molar-refractivity contribution in [3.63, 3.8) is 0 Å². The Bertz CT molecular complexity index is 588. The Hall–Kier alpha value is -1.05. The zero-order valence-corrected chi connectivity index (χ0v) is 14.2. The number of alkyl halides is 1. The standard InChI is InChI=1S/C16H19ClSi/c1-10-7-8-14(12(3)11(10)2)16-13(9-17)5-4-6-15(16)18/h4-8H,9H2,1-3,18H3. The third kappa shape index (κ3) is 2.25. The van der Waals surface area contributed by atoms with Crippen molar-refractivity contribution in [1.29, 1.82) is 0 Å². The van der Waals surface area contributed by atoms with Crippen molar-refractivity contribution in [3.05, 3.63) is 52.6 Å². The topological polar surface area (TPSA) is 0 Å². The molecule has 0 amide bonds. The van der Waals surface area contributed by atoms with Gasteiger partial charge in [-0.25, -0.2) is 0 Å². The molecule has 2 aromatic rings. The molecule has 0 atom stereocenters. The number of aryl methyl sites for hydroxylation is 1. The van der Waals surface area contributed by atoms with Crippen molar-refractivity contribution in [2.45, 2.75) is 26.7 Å². The van der Waals surface area contributed by atoms with Gasteiger partial charge in [0.15, 0.2) is 0 Å². The Morgan fingerprint density at radius 3 is 2.39 bits per heavy atom. The van der Waals surface area contributed by atoms with Crippen molar-refractivity contribution in [3.8, 4) is 11.1 Å². The largest absolute Gasteiger partial charge is 0.122 e. The third-order valence-corrected chi connectivity index (χ3v) is 4.95. The Morgan fingerprint density at radius 2 is 1.72 bits per heavy atom. The van der Waals surface area contributed by atoms with Gasteiger partial charge in [0.2, 0.25) is 0 Å². The highest BCUT2D eigenvalue weighted by molar-refractivity contribution is 6.36. The molecule has 0 radical (unpaired) electrons. The van der Waals surface area contributed by atoms with Gasteiger partial charge in [-0.2, -0.15) is 0 Å². The van der Waals surface area contributed by atoms with Crippen LogP contribution in [0.2, 0.25) is 0 Å². The van der Waals surface area contributed by atoms with E-state index in [0.29, 0.717) is 5.88 Å². The smallest absolute Gasteiger partial charge is 0.0480 e. The summed E-state index contributed by atoms with van der Waals surface area (Å²) in [7, 11) is 1.05. The predicted molar refractivity (Wildman–Crippen MR) is 85.2 cm³/mol. The number of benzene rings is 2. The first kappa shape index (κ1) is 13.4. The molecule has 0 aromatic heterocycles. The van der Waals surface area contributed by atoms with E-state index >= 15 is 0 Å². The molecule has 2 aromatic carbocycles. The maximum absolute atomic E-state index is 6.09. The van der Waals surface area contributed by atoms with E-state index in [1.807, 2.05) is 0 Å². The summed E-state index contributed by atoms with van der Waals surface area (Å²) in [6, 6.07) is 10.9. The summed E-state index contributed by atoms with van der Waals surface area (Å²) in [4.78, 5) is 0. The molecule has 94 valence electrons. The zero-order valence-electron chi connectivity index (χ0n) is 11.5. The molecule has 0 aliphatic carbocycles. The van der Waals surface area contributed by atoms with E-state index in [4.69, 9.17) is 11.6 Å². The van der Waals surface area contributed by atoms with E-state index in [-0.39, 0.29) is 0 Å². The Kier molecular flexibility index (Phi) is 3.93. The fourth-order valence-corrected chi connectivity index (χ4v) is 3.46. The van der Waals surface area contributed by atoms with Crippen molar-refractivity contribution >= 4 is 27.0 Å². The minimum Gasteiger partial charge on any atom is -0.122 e. The summed E-state index contributed by atoms with van der Waals surface area (Å²) < 4.78 is 0. The van der Waals surface area contributed by atoms with E-state index in [9.17, 15) is 0 Å².